The van der Waals surface area contributed by atoms with Crippen LogP contribution in [0.15, 0.2) is 18.3 Å². The highest BCUT2D eigenvalue weighted by molar-refractivity contribution is 5.49. The maximum absolute atomic E-state index is 4.59. The standard InChI is InChI=1S/C17H30N4/c1-4-20-12-7-8-15(11-13-20)19-16-9-10-17(18-14-16)21(5-2)6-3/h9-10,14-15,19H,4-8,11-13H2,1-3H3. The molecule has 21 heavy (non-hydrogen) atoms. The lowest BCUT2D eigenvalue weighted by Crippen LogP contribution is -2.26. The molecule has 1 aliphatic heterocycles. The number of anilines is 2. The predicted octanol–water partition coefficient (Wildman–Crippen LogP) is 3.21. The topological polar surface area (TPSA) is 31.4 Å². The monoisotopic (exact) mass is 290 g/mol. The second-order valence-corrected chi connectivity index (χ2v) is 5.78. The number of rotatable bonds is 6. The third kappa shape index (κ3) is 4.60. The Labute approximate surface area is 129 Å². The average molecular weight is 290 g/mol. The van der Waals surface area contributed by atoms with E-state index >= 15 is 0 Å². The minimum Gasteiger partial charge on any atom is -0.381 e. The second kappa shape index (κ2) is 8.23. The van der Waals surface area contributed by atoms with Gasteiger partial charge in [0.15, 0.2) is 0 Å². The van der Waals surface area contributed by atoms with Crippen molar-refractivity contribution in [2.24, 2.45) is 0 Å². The molecule has 0 spiro atoms. The molecule has 1 atom stereocenters. The van der Waals surface area contributed by atoms with Crippen molar-refractivity contribution in [2.45, 2.75) is 46.1 Å². The fourth-order valence-corrected chi connectivity index (χ4v) is 3.06. The summed E-state index contributed by atoms with van der Waals surface area (Å²) in [5.41, 5.74) is 1.15. The van der Waals surface area contributed by atoms with Crippen LogP contribution in [0.4, 0.5) is 11.5 Å². The highest BCUT2D eigenvalue weighted by Crippen LogP contribution is 2.18. The molecule has 118 valence electrons. The van der Waals surface area contributed by atoms with Gasteiger partial charge in [0, 0.05) is 25.7 Å². The molecule has 0 saturated carbocycles. The van der Waals surface area contributed by atoms with Crippen LogP contribution in [0.5, 0.6) is 0 Å². The summed E-state index contributed by atoms with van der Waals surface area (Å²) in [6.07, 6.45) is 5.76. The molecule has 0 radical (unpaired) electrons. The summed E-state index contributed by atoms with van der Waals surface area (Å²) in [6.45, 7) is 12.2. The van der Waals surface area contributed by atoms with Gasteiger partial charge in [-0.05, 0) is 58.3 Å². The van der Waals surface area contributed by atoms with Crippen LogP contribution in [0, 0.1) is 0 Å². The summed E-state index contributed by atoms with van der Waals surface area (Å²) < 4.78 is 0. The van der Waals surface area contributed by atoms with Gasteiger partial charge in [-0.1, -0.05) is 6.92 Å². The Morgan fingerprint density at radius 3 is 2.62 bits per heavy atom. The molecule has 1 aromatic rings. The summed E-state index contributed by atoms with van der Waals surface area (Å²) in [5, 5.41) is 3.66. The first-order valence-electron chi connectivity index (χ1n) is 8.46. The van der Waals surface area contributed by atoms with Gasteiger partial charge in [-0.15, -0.1) is 0 Å². The van der Waals surface area contributed by atoms with E-state index in [1.54, 1.807) is 0 Å². The van der Waals surface area contributed by atoms with Crippen LogP contribution in [-0.2, 0) is 0 Å². The van der Waals surface area contributed by atoms with Gasteiger partial charge in [0.1, 0.15) is 5.82 Å². The van der Waals surface area contributed by atoms with E-state index in [1.807, 2.05) is 6.20 Å². The summed E-state index contributed by atoms with van der Waals surface area (Å²) in [4.78, 5) is 9.41. The lowest BCUT2D eigenvalue weighted by Gasteiger charge is -2.21. The summed E-state index contributed by atoms with van der Waals surface area (Å²) in [6, 6.07) is 4.88. The molecular weight excluding hydrogens is 260 g/mol. The number of hydrogen-bond acceptors (Lipinski definition) is 4. The Balaban J connectivity index is 1.91. The largest absolute Gasteiger partial charge is 0.381 e. The third-order valence-corrected chi connectivity index (χ3v) is 4.47. The molecule has 0 aliphatic carbocycles. The van der Waals surface area contributed by atoms with Crippen molar-refractivity contribution in [3.8, 4) is 0 Å². The van der Waals surface area contributed by atoms with Crippen LogP contribution in [-0.4, -0.2) is 48.6 Å². The van der Waals surface area contributed by atoms with Gasteiger partial charge in [-0.25, -0.2) is 4.98 Å². The fourth-order valence-electron chi connectivity index (χ4n) is 3.06. The Bertz CT molecular complexity index is 400. The van der Waals surface area contributed by atoms with Crippen molar-refractivity contribution < 1.29 is 0 Å². The molecule has 2 rings (SSSR count). The molecule has 1 saturated heterocycles. The van der Waals surface area contributed by atoms with Crippen LogP contribution >= 0.6 is 0 Å². The van der Waals surface area contributed by atoms with Crippen molar-refractivity contribution in [1.29, 1.82) is 0 Å². The van der Waals surface area contributed by atoms with E-state index in [4.69, 9.17) is 0 Å². The van der Waals surface area contributed by atoms with E-state index in [1.165, 1.54) is 38.9 Å². The molecule has 1 fully saturated rings. The van der Waals surface area contributed by atoms with E-state index in [2.05, 4.69) is 53.0 Å². The van der Waals surface area contributed by atoms with Gasteiger partial charge >= 0.3 is 0 Å². The number of nitrogens with one attached hydrogen (secondary N) is 1. The maximum atomic E-state index is 4.59. The van der Waals surface area contributed by atoms with Crippen molar-refractivity contribution in [3.63, 3.8) is 0 Å². The van der Waals surface area contributed by atoms with Gasteiger partial charge in [-0.3, -0.25) is 0 Å². The molecule has 1 aliphatic rings. The Kier molecular flexibility index (Phi) is 6.30. The molecule has 1 N–H and O–H groups in total. The van der Waals surface area contributed by atoms with E-state index in [-0.39, 0.29) is 0 Å². The first kappa shape index (κ1) is 16.1. The van der Waals surface area contributed by atoms with E-state index in [0.29, 0.717) is 6.04 Å². The molecular formula is C17H30N4. The smallest absolute Gasteiger partial charge is 0.128 e. The van der Waals surface area contributed by atoms with E-state index in [0.717, 1.165) is 24.6 Å². The van der Waals surface area contributed by atoms with Gasteiger partial charge in [0.2, 0.25) is 0 Å². The minimum atomic E-state index is 0.586. The maximum Gasteiger partial charge on any atom is 0.128 e. The van der Waals surface area contributed by atoms with Crippen LogP contribution in [0.1, 0.15) is 40.0 Å². The Hall–Kier alpha value is -1.29. The molecule has 4 nitrogen and oxygen atoms in total. The molecule has 1 aromatic heterocycles. The molecule has 0 amide bonds. The lowest BCUT2D eigenvalue weighted by molar-refractivity contribution is 0.300. The van der Waals surface area contributed by atoms with Gasteiger partial charge in [-0.2, -0.15) is 0 Å². The number of nitrogens with zero attached hydrogens (tertiary/aromatic N) is 3. The van der Waals surface area contributed by atoms with Crippen LogP contribution in [0.25, 0.3) is 0 Å². The first-order chi connectivity index (χ1) is 10.3. The first-order valence-corrected chi connectivity index (χ1v) is 8.46. The summed E-state index contributed by atoms with van der Waals surface area (Å²) in [5.74, 6) is 1.07. The van der Waals surface area contributed by atoms with Crippen LogP contribution in [0.3, 0.4) is 0 Å². The number of hydrogen-bond donors (Lipinski definition) is 1. The highest BCUT2D eigenvalue weighted by Gasteiger charge is 2.15. The molecule has 4 heteroatoms. The number of pyridine rings is 1. The average Bonchev–Trinajstić information content (AvgIpc) is 2.75. The van der Waals surface area contributed by atoms with Gasteiger partial charge < -0.3 is 15.1 Å². The van der Waals surface area contributed by atoms with Crippen molar-refractivity contribution in [2.75, 3.05) is 42.9 Å². The molecule has 1 unspecified atom stereocenters. The predicted molar refractivity (Wildman–Crippen MR) is 91.2 cm³/mol. The van der Waals surface area contributed by atoms with Crippen LogP contribution in [0.2, 0.25) is 0 Å². The van der Waals surface area contributed by atoms with Crippen molar-refractivity contribution in [1.82, 2.24) is 9.88 Å². The van der Waals surface area contributed by atoms with Crippen molar-refractivity contribution >= 4 is 11.5 Å². The quantitative estimate of drug-likeness (QED) is 0.871. The number of aromatic nitrogens is 1. The van der Waals surface area contributed by atoms with Crippen molar-refractivity contribution in [3.05, 3.63) is 18.3 Å². The van der Waals surface area contributed by atoms with Crippen LogP contribution < -0.4 is 10.2 Å². The molecule has 0 bridgehead atoms. The van der Waals surface area contributed by atoms with Gasteiger partial charge in [0.25, 0.3) is 0 Å². The van der Waals surface area contributed by atoms with E-state index < -0.39 is 0 Å². The number of likely N-dealkylation sites (tertiary alicyclic amines) is 1. The molecule has 0 aromatic carbocycles. The Morgan fingerprint density at radius 1 is 1.19 bits per heavy atom. The lowest BCUT2D eigenvalue weighted by atomic mass is 10.1. The SMILES string of the molecule is CCN1CCCC(Nc2ccc(N(CC)CC)nc2)CC1. The Morgan fingerprint density at radius 2 is 2.00 bits per heavy atom. The summed E-state index contributed by atoms with van der Waals surface area (Å²) >= 11 is 0. The normalized spacial score (nSPS) is 20.0. The highest BCUT2D eigenvalue weighted by atomic mass is 15.2. The van der Waals surface area contributed by atoms with Gasteiger partial charge in [0.05, 0.1) is 11.9 Å². The second-order valence-electron chi connectivity index (χ2n) is 5.78. The van der Waals surface area contributed by atoms with E-state index in [9.17, 15) is 0 Å². The minimum absolute atomic E-state index is 0.586. The molecule has 2 heterocycles. The zero-order chi connectivity index (χ0) is 15.1. The zero-order valence-electron chi connectivity index (χ0n) is 13.8. The third-order valence-electron chi connectivity index (χ3n) is 4.47. The summed E-state index contributed by atoms with van der Waals surface area (Å²) in [7, 11) is 0. The zero-order valence-corrected chi connectivity index (χ0v) is 13.8. The fraction of sp³-hybridized carbons (Fsp3) is 0.706.